The number of hydrogen-bond donors (Lipinski definition) is 1. The first-order chi connectivity index (χ1) is 6.24. The van der Waals surface area contributed by atoms with Crippen LogP contribution in [-0.2, 0) is 4.74 Å². The number of anilines is 1. The molecule has 0 saturated heterocycles. The Morgan fingerprint density at radius 2 is 2.08 bits per heavy atom. The van der Waals surface area contributed by atoms with E-state index in [4.69, 9.17) is 15.2 Å². The van der Waals surface area contributed by atoms with Gasteiger partial charge in [0, 0.05) is 7.11 Å². The molecule has 13 heavy (non-hydrogen) atoms. The summed E-state index contributed by atoms with van der Waals surface area (Å²) in [6.45, 7) is 2.50. The third-order valence-corrected chi connectivity index (χ3v) is 1.65. The Morgan fingerprint density at radius 3 is 2.69 bits per heavy atom. The van der Waals surface area contributed by atoms with Gasteiger partial charge < -0.3 is 15.2 Å². The van der Waals surface area contributed by atoms with Gasteiger partial charge in [-0.1, -0.05) is 12.1 Å². The van der Waals surface area contributed by atoms with E-state index >= 15 is 0 Å². The topological polar surface area (TPSA) is 44.5 Å². The summed E-state index contributed by atoms with van der Waals surface area (Å²) < 4.78 is 10.5. The lowest BCUT2D eigenvalue weighted by Crippen LogP contribution is -2.18. The molecular weight excluding hydrogens is 166 g/mol. The highest BCUT2D eigenvalue weighted by Gasteiger charge is 2.04. The number of para-hydroxylation sites is 2. The Kier molecular flexibility index (Phi) is 3.58. The van der Waals surface area contributed by atoms with Crippen LogP contribution in [0.4, 0.5) is 5.69 Å². The van der Waals surface area contributed by atoms with Crippen LogP contribution in [0.5, 0.6) is 5.75 Å². The van der Waals surface area contributed by atoms with Crippen molar-refractivity contribution in [3.05, 3.63) is 24.3 Å². The molecule has 0 aromatic heterocycles. The molecule has 0 aliphatic rings. The summed E-state index contributed by atoms with van der Waals surface area (Å²) >= 11 is 0. The van der Waals surface area contributed by atoms with Crippen LogP contribution in [-0.4, -0.2) is 19.8 Å². The zero-order valence-electron chi connectivity index (χ0n) is 7.99. The standard InChI is InChI=1S/C10H15NO2/c1-8(7-12-2)13-10-6-4-3-5-9(10)11/h3-6,8H,7,11H2,1-2H3/t8-/m1/s1. The van der Waals surface area contributed by atoms with Crippen LogP contribution in [0.2, 0.25) is 0 Å². The molecule has 0 aliphatic heterocycles. The summed E-state index contributed by atoms with van der Waals surface area (Å²) in [7, 11) is 1.65. The number of benzene rings is 1. The molecule has 0 heterocycles. The van der Waals surface area contributed by atoms with Crippen LogP contribution in [0.25, 0.3) is 0 Å². The van der Waals surface area contributed by atoms with E-state index in [-0.39, 0.29) is 6.10 Å². The molecule has 0 saturated carbocycles. The van der Waals surface area contributed by atoms with Gasteiger partial charge >= 0.3 is 0 Å². The fourth-order valence-electron chi connectivity index (χ4n) is 1.07. The van der Waals surface area contributed by atoms with Gasteiger partial charge in [0.2, 0.25) is 0 Å². The van der Waals surface area contributed by atoms with Gasteiger partial charge in [-0.25, -0.2) is 0 Å². The van der Waals surface area contributed by atoms with E-state index in [9.17, 15) is 0 Å². The van der Waals surface area contributed by atoms with Gasteiger partial charge in [-0.15, -0.1) is 0 Å². The first-order valence-corrected chi connectivity index (χ1v) is 4.24. The first-order valence-electron chi connectivity index (χ1n) is 4.24. The summed E-state index contributed by atoms with van der Waals surface area (Å²) in [5, 5.41) is 0. The van der Waals surface area contributed by atoms with Crippen molar-refractivity contribution in [3.8, 4) is 5.75 Å². The van der Waals surface area contributed by atoms with Crippen LogP contribution in [0, 0.1) is 0 Å². The first kappa shape index (κ1) is 9.86. The van der Waals surface area contributed by atoms with E-state index in [0.717, 1.165) is 0 Å². The van der Waals surface area contributed by atoms with E-state index in [1.807, 2.05) is 31.2 Å². The lowest BCUT2D eigenvalue weighted by atomic mass is 10.3. The molecule has 3 heteroatoms. The van der Waals surface area contributed by atoms with Gasteiger partial charge in [-0.3, -0.25) is 0 Å². The van der Waals surface area contributed by atoms with E-state index in [0.29, 0.717) is 18.0 Å². The molecule has 72 valence electrons. The molecule has 0 bridgehead atoms. The second kappa shape index (κ2) is 4.72. The molecule has 1 aromatic rings. The normalized spacial score (nSPS) is 12.5. The lowest BCUT2D eigenvalue weighted by Gasteiger charge is -2.14. The summed E-state index contributed by atoms with van der Waals surface area (Å²) in [6, 6.07) is 7.44. The van der Waals surface area contributed by atoms with Gasteiger partial charge in [-0.2, -0.15) is 0 Å². The fourth-order valence-corrected chi connectivity index (χ4v) is 1.07. The number of nitrogens with two attached hydrogens (primary N) is 1. The Morgan fingerprint density at radius 1 is 1.38 bits per heavy atom. The van der Waals surface area contributed by atoms with Crippen molar-refractivity contribution in [1.29, 1.82) is 0 Å². The molecule has 0 aliphatic carbocycles. The summed E-state index contributed by atoms with van der Waals surface area (Å²) in [5.41, 5.74) is 6.36. The van der Waals surface area contributed by atoms with Crippen molar-refractivity contribution in [2.24, 2.45) is 0 Å². The Bertz CT molecular complexity index is 263. The Hall–Kier alpha value is -1.22. The molecule has 2 N–H and O–H groups in total. The van der Waals surface area contributed by atoms with Crippen molar-refractivity contribution in [2.75, 3.05) is 19.5 Å². The monoisotopic (exact) mass is 181 g/mol. The Labute approximate surface area is 78.5 Å². The van der Waals surface area contributed by atoms with E-state index in [1.54, 1.807) is 7.11 Å². The quantitative estimate of drug-likeness (QED) is 0.719. The third kappa shape index (κ3) is 2.95. The number of methoxy groups -OCH3 is 1. The van der Waals surface area contributed by atoms with E-state index in [1.165, 1.54) is 0 Å². The average molecular weight is 181 g/mol. The third-order valence-electron chi connectivity index (χ3n) is 1.65. The molecule has 1 atom stereocenters. The van der Waals surface area contributed by atoms with Crippen LogP contribution >= 0.6 is 0 Å². The van der Waals surface area contributed by atoms with Crippen molar-refractivity contribution >= 4 is 5.69 Å². The molecular formula is C10H15NO2. The molecule has 0 unspecified atom stereocenters. The fraction of sp³-hybridized carbons (Fsp3) is 0.400. The summed E-state index contributed by atoms with van der Waals surface area (Å²) in [5.74, 6) is 0.715. The van der Waals surface area contributed by atoms with Gasteiger partial charge in [0.1, 0.15) is 11.9 Å². The van der Waals surface area contributed by atoms with E-state index in [2.05, 4.69) is 0 Å². The molecule has 3 nitrogen and oxygen atoms in total. The van der Waals surface area contributed by atoms with Crippen molar-refractivity contribution in [1.82, 2.24) is 0 Å². The maximum atomic E-state index is 5.70. The van der Waals surface area contributed by atoms with Crippen molar-refractivity contribution < 1.29 is 9.47 Å². The SMILES string of the molecule is COC[C@@H](C)Oc1ccccc1N. The highest BCUT2D eigenvalue weighted by atomic mass is 16.5. The van der Waals surface area contributed by atoms with Crippen molar-refractivity contribution in [3.63, 3.8) is 0 Å². The predicted octanol–water partition coefficient (Wildman–Crippen LogP) is 1.68. The second-order valence-electron chi connectivity index (χ2n) is 2.92. The number of ether oxygens (including phenoxy) is 2. The molecule has 0 amide bonds. The van der Waals surface area contributed by atoms with Gasteiger partial charge in [0.25, 0.3) is 0 Å². The number of nitrogen functional groups attached to an aromatic ring is 1. The van der Waals surface area contributed by atoms with Gasteiger partial charge in [0.15, 0.2) is 0 Å². The van der Waals surface area contributed by atoms with E-state index < -0.39 is 0 Å². The largest absolute Gasteiger partial charge is 0.486 e. The van der Waals surface area contributed by atoms with Crippen LogP contribution in [0.15, 0.2) is 24.3 Å². The highest BCUT2D eigenvalue weighted by molar-refractivity contribution is 5.51. The van der Waals surface area contributed by atoms with Gasteiger partial charge in [-0.05, 0) is 19.1 Å². The zero-order chi connectivity index (χ0) is 9.68. The van der Waals surface area contributed by atoms with Crippen LogP contribution < -0.4 is 10.5 Å². The maximum Gasteiger partial charge on any atom is 0.142 e. The zero-order valence-corrected chi connectivity index (χ0v) is 7.99. The van der Waals surface area contributed by atoms with Crippen molar-refractivity contribution in [2.45, 2.75) is 13.0 Å². The number of rotatable bonds is 4. The minimum atomic E-state index is 0.0229. The lowest BCUT2D eigenvalue weighted by molar-refractivity contribution is 0.0926. The number of hydrogen-bond acceptors (Lipinski definition) is 3. The van der Waals surface area contributed by atoms with Crippen LogP contribution in [0.1, 0.15) is 6.92 Å². The minimum Gasteiger partial charge on any atom is -0.486 e. The predicted molar refractivity (Wildman–Crippen MR) is 52.8 cm³/mol. The molecule has 0 radical (unpaired) electrons. The summed E-state index contributed by atoms with van der Waals surface area (Å²) in [6.07, 6.45) is 0.0229. The second-order valence-corrected chi connectivity index (χ2v) is 2.92. The molecule has 0 spiro atoms. The maximum absolute atomic E-state index is 5.70. The van der Waals surface area contributed by atoms with Gasteiger partial charge in [0.05, 0.1) is 12.3 Å². The van der Waals surface area contributed by atoms with Crippen LogP contribution in [0.3, 0.4) is 0 Å². The highest BCUT2D eigenvalue weighted by Crippen LogP contribution is 2.20. The minimum absolute atomic E-state index is 0.0229. The molecule has 0 fully saturated rings. The summed E-state index contributed by atoms with van der Waals surface area (Å²) in [4.78, 5) is 0. The molecule has 1 aromatic carbocycles. The molecule has 1 rings (SSSR count). The Balaban J connectivity index is 2.58. The average Bonchev–Trinajstić information content (AvgIpc) is 2.09. The smallest absolute Gasteiger partial charge is 0.142 e.